The maximum absolute atomic E-state index is 5.80. The molecule has 1 aliphatic rings. The van der Waals surface area contributed by atoms with Gasteiger partial charge in [-0.2, -0.15) is 4.37 Å². The van der Waals surface area contributed by atoms with Gasteiger partial charge in [0.2, 0.25) is 5.82 Å². The van der Waals surface area contributed by atoms with Gasteiger partial charge >= 0.3 is 0 Å². The Morgan fingerprint density at radius 2 is 2.00 bits per heavy atom. The Labute approximate surface area is 107 Å². The zero-order valence-corrected chi connectivity index (χ0v) is 11.5. The molecule has 0 saturated carbocycles. The van der Waals surface area contributed by atoms with Crippen LogP contribution in [0.1, 0.15) is 20.3 Å². The van der Waals surface area contributed by atoms with Crippen molar-refractivity contribution >= 4 is 17.5 Å². The van der Waals surface area contributed by atoms with E-state index in [-0.39, 0.29) is 6.10 Å². The normalized spacial score (nSPS) is 19.4. The van der Waals surface area contributed by atoms with Crippen LogP contribution in [0.5, 0.6) is 5.88 Å². The molecule has 96 valence electrons. The van der Waals surface area contributed by atoms with Gasteiger partial charge in [-0.25, -0.2) is 0 Å². The molecular formula is C11H20N4OS. The topological polar surface area (TPSA) is 41.5 Å². The summed E-state index contributed by atoms with van der Waals surface area (Å²) in [6, 6.07) is 0. The smallest absolute Gasteiger partial charge is 0.271 e. The molecule has 2 heterocycles. The van der Waals surface area contributed by atoms with Gasteiger partial charge < -0.3 is 14.5 Å². The van der Waals surface area contributed by atoms with Crippen LogP contribution in [0.3, 0.4) is 0 Å². The van der Waals surface area contributed by atoms with Crippen LogP contribution in [0.25, 0.3) is 0 Å². The number of nitrogens with zero attached hydrogens (tertiary/aromatic N) is 4. The molecule has 1 aliphatic heterocycles. The van der Waals surface area contributed by atoms with E-state index in [9.17, 15) is 0 Å². The number of aromatic nitrogens is 2. The highest BCUT2D eigenvalue weighted by Gasteiger charge is 2.22. The summed E-state index contributed by atoms with van der Waals surface area (Å²) in [4.78, 5) is 4.59. The summed E-state index contributed by atoms with van der Waals surface area (Å²) in [5, 5.41) is 0. The third-order valence-electron chi connectivity index (χ3n) is 3.13. The highest BCUT2D eigenvalue weighted by Crippen LogP contribution is 2.27. The molecule has 0 radical (unpaired) electrons. The van der Waals surface area contributed by atoms with Crippen molar-refractivity contribution in [2.75, 3.05) is 38.1 Å². The molecule has 1 aromatic rings. The quantitative estimate of drug-likeness (QED) is 0.816. The molecule has 5 nitrogen and oxygen atoms in total. The molecular weight excluding hydrogens is 236 g/mol. The average molecular weight is 256 g/mol. The van der Waals surface area contributed by atoms with E-state index in [0.29, 0.717) is 5.88 Å². The van der Waals surface area contributed by atoms with Crippen LogP contribution in [-0.4, -0.2) is 53.0 Å². The molecule has 17 heavy (non-hydrogen) atoms. The minimum atomic E-state index is 0.199. The number of hydrogen-bond acceptors (Lipinski definition) is 6. The Morgan fingerprint density at radius 1 is 1.29 bits per heavy atom. The summed E-state index contributed by atoms with van der Waals surface area (Å²) in [6.07, 6.45) is 1.18. The van der Waals surface area contributed by atoms with Crippen molar-refractivity contribution in [2.45, 2.75) is 26.4 Å². The highest BCUT2D eigenvalue weighted by atomic mass is 32.1. The molecule has 2 rings (SSSR count). The summed E-state index contributed by atoms with van der Waals surface area (Å²) in [6.45, 7) is 8.31. The highest BCUT2D eigenvalue weighted by molar-refractivity contribution is 6.99. The first-order chi connectivity index (χ1) is 8.20. The summed E-state index contributed by atoms with van der Waals surface area (Å²) in [5.74, 6) is 1.62. The van der Waals surface area contributed by atoms with Crippen LogP contribution in [-0.2, 0) is 0 Å². The van der Waals surface area contributed by atoms with Crippen molar-refractivity contribution in [3.8, 4) is 5.88 Å². The number of ether oxygens (including phenoxy) is 1. The van der Waals surface area contributed by atoms with E-state index in [1.165, 1.54) is 11.7 Å². The summed E-state index contributed by atoms with van der Waals surface area (Å²) in [7, 11) is 2.15. The standard InChI is InChI=1S/C11H20N4OS/c1-4-9(2)16-11-10(12-17-13-11)15-7-5-14(3)6-8-15/h9H,4-8H2,1-3H3. The van der Waals surface area contributed by atoms with Gasteiger partial charge in [-0.15, -0.1) is 4.37 Å². The Morgan fingerprint density at radius 3 is 2.65 bits per heavy atom. The van der Waals surface area contributed by atoms with Gasteiger partial charge in [0.15, 0.2) is 0 Å². The maximum atomic E-state index is 5.80. The van der Waals surface area contributed by atoms with Crippen LogP contribution >= 0.6 is 11.7 Å². The lowest BCUT2D eigenvalue weighted by Gasteiger charge is -2.32. The van der Waals surface area contributed by atoms with E-state index in [0.717, 1.165) is 38.4 Å². The van der Waals surface area contributed by atoms with Crippen molar-refractivity contribution < 1.29 is 4.74 Å². The fourth-order valence-corrected chi connectivity index (χ4v) is 2.25. The Hall–Kier alpha value is -0.880. The first-order valence-electron chi connectivity index (χ1n) is 6.13. The Bertz CT molecular complexity index is 349. The van der Waals surface area contributed by atoms with E-state index in [1.54, 1.807) is 0 Å². The molecule has 0 bridgehead atoms. The summed E-state index contributed by atoms with van der Waals surface area (Å²) >= 11 is 1.23. The largest absolute Gasteiger partial charge is 0.471 e. The van der Waals surface area contributed by atoms with E-state index < -0.39 is 0 Å². The molecule has 0 spiro atoms. The van der Waals surface area contributed by atoms with E-state index >= 15 is 0 Å². The predicted octanol–water partition coefficient (Wildman–Crippen LogP) is 1.47. The zero-order valence-electron chi connectivity index (χ0n) is 10.7. The second-order valence-electron chi connectivity index (χ2n) is 4.52. The van der Waals surface area contributed by atoms with Crippen molar-refractivity contribution in [1.82, 2.24) is 13.6 Å². The number of piperazine rings is 1. The lowest BCUT2D eigenvalue weighted by molar-refractivity contribution is 0.210. The second-order valence-corrected chi connectivity index (χ2v) is 5.05. The summed E-state index contributed by atoms with van der Waals surface area (Å²) in [5.41, 5.74) is 0. The van der Waals surface area contributed by atoms with Crippen molar-refractivity contribution in [3.05, 3.63) is 0 Å². The maximum Gasteiger partial charge on any atom is 0.271 e. The molecule has 0 aliphatic carbocycles. The minimum absolute atomic E-state index is 0.199. The Balaban J connectivity index is 2.03. The van der Waals surface area contributed by atoms with Crippen LogP contribution in [0, 0.1) is 0 Å². The third-order valence-corrected chi connectivity index (χ3v) is 3.63. The molecule has 1 fully saturated rings. The van der Waals surface area contributed by atoms with E-state index in [2.05, 4.69) is 39.4 Å². The number of rotatable bonds is 4. The molecule has 1 atom stereocenters. The van der Waals surface area contributed by atoms with Crippen molar-refractivity contribution in [1.29, 1.82) is 0 Å². The third kappa shape index (κ3) is 3.07. The lowest BCUT2D eigenvalue weighted by atomic mass is 10.3. The summed E-state index contributed by atoms with van der Waals surface area (Å²) < 4.78 is 14.4. The molecule has 1 saturated heterocycles. The second kappa shape index (κ2) is 5.64. The first kappa shape index (κ1) is 12.6. The van der Waals surface area contributed by atoms with Crippen LogP contribution in [0.4, 0.5) is 5.82 Å². The lowest BCUT2D eigenvalue weighted by Crippen LogP contribution is -2.44. The fourth-order valence-electron chi connectivity index (χ4n) is 1.74. The monoisotopic (exact) mass is 256 g/mol. The van der Waals surface area contributed by atoms with E-state index in [1.807, 2.05) is 0 Å². The fraction of sp³-hybridized carbons (Fsp3) is 0.818. The van der Waals surface area contributed by atoms with Crippen LogP contribution in [0.2, 0.25) is 0 Å². The van der Waals surface area contributed by atoms with Gasteiger partial charge in [-0.05, 0) is 20.4 Å². The number of hydrogen-bond donors (Lipinski definition) is 0. The average Bonchev–Trinajstić information content (AvgIpc) is 2.78. The Kier molecular flexibility index (Phi) is 4.17. The number of likely N-dealkylation sites (N-methyl/N-ethyl adjacent to an activating group) is 1. The van der Waals surface area contributed by atoms with Gasteiger partial charge in [0, 0.05) is 26.2 Å². The minimum Gasteiger partial charge on any atom is -0.471 e. The molecule has 0 N–H and O–H groups in total. The van der Waals surface area contributed by atoms with Crippen LogP contribution in [0.15, 0.2) is 0 Å². The molecule has 1 aromatic heterocycles. The van der Waals surface area contributed by atoms with Gasteiger partial charge in [0.25, 0.3) is 5.88 Å². The predicted molar refractivity (Wildman–Crippen MR) is 70.0 cm³/mol. The van der Waals surface area contributed by atoms with Crippen molar-refractivity contribution in [3.63, 3.8) is 0 Å². The number of anilines is 1. The molecule has 1 unspecified atom stereocenters. The van der Waals surface area contributed by atoms with Crippen LogP contribution < -0.4 is 9.64 Å². The van der Waals surface area contributed by atoms with Crippen molar-refractivity contribution in [2.24, 2.45) is 0 Å². The van der Waals surface area contributed by atoms with Gasteiger partial charge in [-0.3, -0.25) is 0 Å². The first-order valence-corrected chi connectivity index (χ1v) is 6.86. The zero-order chi connectivity index (χ0) is 12.3. The van der Waals surface area contributed by atoms with E-state index in [4.69, 9.17) is 4.74 Å². The molecule has 0 aromatic carbocycles. The van der Waals surface area contributed by atoms with Gasteiger partial charge in [-0.1, -0.05) is 6.92 Å². The molecule has 6 heteroatoms. The van der Waals surface area contributed by atoms with Gasteiger partial charge in [0.05, 0.1) is 17.8 Å². The SMILES string of the molecule is CCC(C)Oc1nsnc1N1CCN(C)CC1. The molecule has 0 amide bonds. The van der Waals surface area contributed by atoms with Gasteiger partial charge in [0.1, 0.15) is 0 Å².